The van der Waals surface area contributed by atoms with Gasteiger partial charge in [0.15, 0.2) is 0 Å². The predicted molar refractivity (Wildman–Crippen MR) is 129 cm³/mol. The summed E-state index contributed by atoms with van der Waals surface area (Å²) in [5.74, 6) is -0.163. The van der Waals surface area contributed by atoms with Crippen molar-refractivity contribution in [1.82, 2.24) is 0 Å². The van der Waals surface area contributed by atoms with Crippen molar-refractivity contribution in [2.24, 2.45) is 11.8 Å². The normalized spacial score (nSPS) is 13.0. The van der Waals surface area contributed by atoms with Gasteiger partial charge in [0.05, 0.1) is 38.3 Å². The molecule has 2 unspecified atom stereocenters. The minimum absolute atomic E-state index is 0.0150. The molecule has 0 spiro atoms. The van der Waals surface area contributed by atoms with Crippen LogP contribution in [0, 0.1) is 11.8 Å². The van der Waals surface area contributed by atoms with E-state index in [-0.39, 0.29) is 37.0 Å². The van der Waals surface area contributed by atoms with Crippen LogP contribution in [-0.2, 0) is 28.5 Å². The molecule has 190 valence electrons. The standard InChI is InChI=1S/C26H50O6/c1-5-9-11-15-23(13-7-3)25(27)31-21-19-29-17-18-30-20-22-32-26(28)24(14-8-4)16-12-10-6-2/h23-24H,5-22H2,1-4H3. The molecule has 0 aliphatic carbocycles. The highest BCUT2D eigenvalue weighted by molar-refractivity contribution is 5.72. The number of carbonyl (C=O) groups is 2. The number of ether oxygens (including phenoxy) is 4. The molecule has 6 heteroatoms. The lowest BCUT2D eigenvalue weighted by molar-refractivity contribution is -0.152. The summed E-state index contributed by atoms with van der Waals surface area (Å²) in [6.07, 6.45) is 12.4. The van der Waals surface area contributed by atoms with Gasteiger partial charge in [0.25, 0.3) is 0 Å². The SMILES string of the molecule is CCCCCC(CCC)C(=O)OCCOCCOCCOC(=O)C(CCC)CCCCC. The van der Waals surface area contributed by atoms with Gasteiger partial charge in [0, 0.05) is 0 Å². The van der Waals surface area contributed by atoms with Crippen molar-refractivity contribution in [2.45, 2.75) is 105 Å². The zero-order chi connectivity index (χ0) is 23.9. The van der Waals surface area contributed by atoms with E-state index in [1.54, 1.807) is 0 Å². The van der Waals surface area contributed by atoms with Crippen molar-refractivity contribution < 1.29 is 28.5 Å². The lowest BCUT2D eigenvalue weighted by Gasteiger charge is -2.15. The largest absolute Gasteiger partial charge is 0.463 e. The number of rotatable bonds is 23. The van der Waals surface area contributed by atoms with E-state index in [0.717, 1.165) is 77.0 Å². The molecular weight excluding hydrogens is 408 g/mol. The molecule has 0 N–H and O–H groups in total. The van der Waals surface area contributed by atoms with Crippen molar-refractivity contribution in [1.29, 1.82) is 0 Å². The van der Waals surface area contributed by atoms with Crippen LogP contribution >= 0.6 is 0 Å². The van der Waals surface area contributed by atoms with Gasteiger partial charge in [-0.05, 0) is 25.7 Å². The third-order valence-electron chi connectivity index (χ3n) is 5.57. The lowest BCUT2D eigenvalue weighted by Crippen LogP contribution is -2.21. The topological polar surface area (TPSA) is 71.1 Å². The van der Waals surface area contributed by atoms with Crippen molar-refractivity contribution in [3.05, 3.63) is 0 Å². The maximum atomic E-state index is 12.2. The third-order valence-corrected chi connectivity index (χ3v) is 5.57. The van der Waals surface area contributed by atoms with E-state index >= 15 is 0 Å². The second-order valence-electron chi connectivity index (χ2n) is 8.52. The van der Waals surface area contributed by atoms with Crippen LogP contribution in [0.5, 0.6) is 0 Å². The predicted octanol–water partition coefficient (Wildman–Crippen LogP) is 6.10. The molecule has 0 aromatic carbocycles. The van der Waals surface area contributed by atoms with E-state index in [0.29, 0.717) is 26.4 Å². The Bertz CT molecular complexity index is 400. The Balaban J connectivity index is 3.73. The Morgan fingerprint density at radius 1 is 0.500 bits per heavy atom. The Labute approximate surface area is 197 Å². The lowest BCUT2D eigenvalue weighted by atomic mass is 9.97. The van der Waals surface area contributed by atoms with Gasteiger partial charge in [0.2, 0.25) is 0 Å². The smallest absolute Gasteiger partial charge is 0.309 e. The summed E-state index contributed by atoms with van der Waals surface area (Å²) >= 11 is 0. The first-order valence-electron chi connectivity index (χ1n) is 13.1. The fraction of sp³-hybridized carbons (Fsp3) is 0.923. The van der Waals surface area contributed by atoms with E-state index in [9.17, 15) is 9.59 Å². The summed E-state index contributed by atoms with van der Waals surface area (Å²) in [5, 5.41) is 0. The van der Waals surface area contributed by atoms with Crippen molar-refractivity contribution in [2.75, 3.05) is 39.6 Å². The number of carbonyl (C=O) groups excluding carboxylic acids is 2. The van der Waals surface area contributed by atoms with E-state index in [2.05, 4.69) is 27.7 Å². The first-order chi connectivity index (χ1) is 15.6. The summed E-state index contributed by atoms with van der Waals surface area (Å²) in [6.45, 7) is 10.7. The van der Waals surface area contributed by atoms with Crippen LogP contribution in [0.3, 0.4) is 0 Å². The molecule has 32 heavy (non-hydrogen) atoms. The number of hydrogen-bond acceptors (Lipinski definition) is 6. The summed E-state index contributed by atoms with van der Waals surface area (Å²) in [4.78, 5) is 24.4. The molecule has 0 fully saturated rings. The molecular formula is C26H50O6. The Hall–Kier alpha value is -1.14. The van der Waals surface area contributed by atoms with Crippen LogP contribution in [-0.4, -0.2) is 51.6 Å². The van der Waals surface area contributed by atoms with Crippen LogP contribution in [0.2, 0.25) is 0 Å². The summed E-state index contributed by atoms with van der Waals surface area (Å²) in [7, 11) is 0. The minimum Gasteiger partial charge on any atom is -0.463 e. The maximum Gasteiger partial charge on any atom is 0.309 e. The maximum absolute atomic E-state index is 12.2. The molecule has 0 bridgehead atoms. The molecule has 6 nitrogen and oxygen atoms in total. The molecule has 2 atom stereocenters. The van der Waals surface area contributed by atoms with Crippen molar-refractivity contribution in [3.63, 3.8) is 0 Å². The van der Waals surface area contributed by atoms with Gasteiger partial charge in [-0.3, -0.25) is 9.59 Å². The first kappa shape index (κ1) is 30.9. The highest BCUT2D eigenvalue weighted by Crippen LogP contribution is 2.18. The van der Waals surface area contributed by atoms with Crippen LogP contribution in [0.1, 0.15) is 105 Å². The molecule has 0 aliphatic heterocycles. The van der Waals surface area contributed by atoms with Crippen molar-refractivity contribution in [3.8, 4) is 0 Å². The molecule has 0 aromatic rings. The van der Waals surface area contributed by atoms with E-state index in [1.165, 1.54) is 0 Å². The molecule has 0 aliphatic rings. The Kier molecular flexibility index (Phi) is 22.2. The Morgan fingerprint density at radius 2 is 0.875 bits per heavy atom. The second-order valence-corrected chi connectivity index (χ2v) is 8.52. The van der Waals surface area contributed by atoms with E-state index in [4.69, 9.17) is 18.9 Å². The zero-order valence-electron chi connectivity index (χ0n) is 21.3. The fourth-order valence-corrected chi connectivity index (χ4v) is 3.70. The van der Waals surface area contributed by atoms with Gasteiger partial charge < -0.3 is 18.9 Å². The monoisotopic (exact) mass is 458 g/mol. The van der Waals surface area contributed by atoms with Gasteiger partial charge in [-0.1, -0.05) is 79.1 Å². The average Bonchev–Trinajstić information content (AvgIpc) is 2.79. The van der Waals surface area contributed by atoms with Crippen LogP contribution in [0.25, 0.3) is 0 Å². The molecule has 0 rings (SSSR count). The quantitative estimate of drug-likeness (QED) is 0.136. The summed E-state index contributed by atoms with van der Waals surface area (Å²) in [5.41, 5.74) is 0. The molecule has 0 amide bonds. The third kappa shape index (κ3) is 17.4. The average molecular weight is 459 g/mol. The van der Waals surface area contributed by atoms with Gasteiger partial charge in [0.1, 0.15) is 13.2 Å². The number of hydrogen-bond donors (Lipinski definition) is 0. The van der Waals surface area contributed by atoms with Gasteiger partial charge >= 0.3 is 11.9 Å². The Morgan fingerprint density at radius 3 is 1.22 bits per heavy atom. The molecule has 0 heterocycles. The van der Waals surface area contributed by atoms with Crippen LogP contribution < -0.4 is 0 Å². The van der Waals surface area contributed by atoms with Crippen LogP contribution in [0.15, 0.2) is 0 Å². The molecule has 0 saturated carbocycles. The van der Waals surface area contributed by atoms with E-state index < -0.39 is 0 Å². The van der Waals surface area contributed by atoms with Gasteiger partial charge in [-0.15, -0.1) is 0 Å². The molecule has 0 saturated heterocycles. The van der Waals surface area contributed by atoms with E-state index in [1.807, 2.05) is 0 Å². The number of esters is 2. The highest BCUT2D eigenvalue weighted by atomic mass is 16.6. The van der Waals surface area contributed by atoms with Gasteiger partial charge in [-0.2, -0.15) is 0 Å². The van der Waals surface area contributed by atoms with Crippen LogP contribution in [0.4, 0.5) is 0 Å². The minimum atomic E-state index is -0.0966. The molecule has 0 radical (unpaired) electrons. The number of unbranched alkanes of at least 4 members (excludes halogenated alkanes) is 4. The summed E-state index contributed by atoms with van der Waals surface area (Å²) < 4.78 is 21.7. The second kappa shape index (κ2) is 23.0. The van der Waals surface area contributed by atoms with Gasteiger partial charge in [-0.25, -0.2) is 0 Å². The molecule has 0 aromatic heterocycles. The first-order valence-corrected chi connectivity index (χ1v) is 13.1. The fourth-order valence-electron chi connectivity index (χ4n) is 3.70. The zero-order valence-corrected chi connectivity index (χ0v) is 21.3. The van der Waals surface area contributed by atoms with Crippen molar-refractivity contribution >= 4 is 11.9 Å². The summed E-state index contributed by atoms with van der Waals surface area (Å²) in [6, 6.07) is 0. The highest BCUT2D eigenvalue weighted by Gasteiger charge is 2.19.